The van der Waals surface area contributed by atoms with E-state index >= 15 is 0 Å². The van der Waals surface area contributed by atoms with Gasteiger partial charge >= 0.3 is 0 Å². The summed E-state index contributed by atoms with van der Waals surface area (Å²) < 4.78 is 0. The smallest absolute Gasteiger partial charge is 0.0746 e. The summed E-state index contributed by atoms with van der Waals surface area (Å²) in [5.74, 6) is 0. The van der Waals surface area contributed by atoms with Crippen LogP contribution in [-0.2, 0) is 12.0 Å². The molecule has 0 saturated heterocycles. The Hall–Kier alpha value is -0.980. The topological polar surface area (TPSA) is 12.4 Å². The number of benzene rings is 1. The van der Waals surface area contributed by atoms with Gasteiger partial charge in [0.15, 0.2) is 0 Å². The minimum atomic E-state index is 0.160. The van der Waals surface area contributed by atoms with Crippen molar-refractivity contribution < 1.29 is 0 Å². The van der Waals surface area contributed by atoms with Gasteiger partial charge in [0.1, 0.15) is 0 Å². The molecule has 1 aromatic rings. The molecule has 0 saturated carbocycles. The van der Waals surface area contributed by atoms with Crippen LogP contribution < -0.4 is 0 Å². The van der Waals surface area contributed by atoms with Crippen molar-refractivity contribution in [2.24, 2.45) is 4.99 Å². The number of thiocarbonyl (C=S) groups is 1. The lowest BCUT2D eigenvalue weighted by molar-refractivity contribution is 0.583. The summed E-state index contributed by atoms with van der Waals surface area (Å²) in [6.07, 6.45) is 0. The third-order valence-corrected chi connectivity index (χ3v) is 2.27. The Kier molecular flexibility index (Phi) is 3.56. The lowest BCUT2D eigenvalue weighted by Crippen LogP contribution is -2.13. The molecule has 0 unspecified atom stereocenters. The summed E-state index contributed by atoms with van der Waals surface area (Å²) in [5.41, 5.74) is 2.72. The molecule has 0 radical (unpaired) electrons. The van der Waals surface area contributed by atoms with Gasteiger partial charge in [0, 0.05) is 0 Å². The summed E-state index contributed by atoms with van der Waals surface area (Å²) in [7, 11) is 0. The van der Waals surface area contributed by atoms with Crippen LogP contribution in [0.25, 0.3) is 0 Å². The molecule has 0 atom stereocenters. The molecular formula is C12H15NS. The van der Waals surface area contributed by atoms with E-state index in [-0.39, 0.29) is 5.41 Å². The van der Waals surface area contributed by atoms with Gasteiger partial charge in [0.2, 0.25) is 0 Å². The van der Waals surface area contributed by atoms with Crippen LogP contribution in [-0.4, -0.2) is 5.16 Å². The Balaban J connectivity index is 3.09. The molecule has 1 nitrogen and oxygen atoms in total. The fraction of sp³-hybridized carbons (Fsp3) is 0.417. The highest BCUT2D eigenvalue weighted by Gasteiger charge is 2.16. The molecule has 0 spiro atoms. The maximum atomic E-state index is 4.57. The summed E-state index contributed by atoms with van der Waals surface area (Å²) in [4.78, 5) is 3.98. The van der Waals surface area contributed by atoms with Crippen LogP contribution in [0, 0.1) is 0 Å². The van der Waals surface area contributed by atoms with E-state index in [0.717, 1.165) is 0 Å². The zero-order valence-electron chi connectivity index (χ0n) is 8.87. The number of nitrogens with zero attached hydrogens (tertiary/aromatic N) is 1. The first-order valence-electron chi connectivity index (χ1n) is 4.67. The molecule has 0 aliphatic carbocycles. The van der Waals surface area contributed by atoms with Crippen LogP contribution in [0.1, 0.15) is 31.9 Å². The molecule has 1 aromatic carbocycles. The van der Waals surface area contributed by atoms with E-state index in [4.69, 9.17) is 0 Å². The van der Waals surface area contributed by atoms with Gasteiger partial charge in [-0.15, -0.1) is 0 Å². The van der Waals surface area contributed by atoms with E-state index in [1.54, 1.807) is 0 Å². The predicted molar refractivity (Wildman–Crippen MR) is 63.9 cm³/mol. The first-order chi connectivity index (χ1) is 6.55. The number of hydrogen-bond donors (Lipinski definition) is 0. The fourth-order valence-corrected chi connectivity index (χ4v) is 1.57. The average Bonchev–Trinajstić information content (AvgIpc) is 2.14. The van der Waals surface area contributed by atoms with Gasteiger partial charge < -0.3 is 0 Å². The molecule has 1 rings (SSSR count). The van der Waals surface area contributed by atoms with Crippen LogP contribution in [0.2, 0.25) is 0 Å². The molecule has 0 heterocycles. The normalized spacial score (nSPS) is 10.8. The van der Waals surface area contributed by atoms with Crippen molar-refractivity contribution in [1.82, 2.24) is 0 Å². The van der Waals surface area contributed by atoms with Crippen molar-refractivity contribution in [2.45, 2.75) is 32.7 Å². The molecule has 14 heavy (non-hydrogen) atoms. The molecule has 0 aliphatic rings. The minimum absolute atomic E-state index is 0.160. The van der Waals surface area contributed by atoms with Crippen LogP contribution in [0.3, 0.4) is 0 Å². The van der Waals surface area contributed by atoms with E-state index < -0.39 is 0 Å². The highest BCUT2D eigenvalue weighted by Crippen LogP contribution is 2.25. The van der Waals surface area contributed by atoms with Gasteiger partial charge in [0.25, 0.3) is 0 Å². The summed E-state index contributed by atoms with van der Waals surface area (Å²) in [5, 5.41) is 2.40. The minimum Gasteiger partial charge on any atom is -0.228 e. The van der Waals surface area contributed by atoms with Crippen molar-refractivity contribution in [1.29, 1.82) is 0 Å². The van der Waals surface area contributed by atoms with Gasteiger partial charge in [0.05, 0.1) is 11.7 Å². The van der Waals surface area contributed by atoms with E-state index in [1.165, 1.54) is 11.1 Å². The Bertz CT molecular complexity index is 357. The van der Waals surface area contributed by atoms with Crippen molar-refractivity contribution in [3.63, 3.8) is 0 Å². The zero-order valence-corrected chi connectivity index (χ0v) is 9.69. The predicted octanol–water partition coefficient (Wildman–Crippen LogP) is 3.59. The molecule has 74 valence electrons. The molecular weight excluding hydrogens is 190 g/mol. The molecule has 0 bridgehead atoms. The van der Waals surface area contributed by atoms with Gasteiger partial charge in [-0.05, 0) is 28.8 Å². The average molecular weight is 205 g/mol. The molecule has 0 amide bonds. The van der Waals surface area contributed by atoms with Crippen molar-refractivity contribution >= 4 is 17.4 Å². The SMILES string of the molecule is CC(C)(C)c1ccccc1CN=C=S. The van der Waals surface area contributed by atoms with E-state index in [2.05, 4.69) is 61.3 Å². The maximum absolute atomic E-state index is 4.57. The number of isothiocyanates is 1. The summed E-state index contributed by atoms with van der Waals surface area (Å²) in [6, 6.07) is 8.33. The first-order valence-corrected chi connectivity index (χ1v) is 5.08. The Morgan fingerprint density at radius 3 is 2.50 bits per heavy atom. The summed E-state index contributed by atoms with van der Waals surface area (Å²) in [6.45, 7) is 7.24. The standard InChI is InChI=1S/C12H15NS/c1-12(2,3)11-7-5-4-6-10(11)8-13-9-14/h4-7H,8H2,1-3H3. The van der Waals surface area contributed by atoms with E-state index in [0.29, 0.717) is 6.54 Å². The zero-order chi connectivity index (χ0) is 10.6. The van der Waals surface area contributed by atoms with Crippen molar-refractivity contribution in [3.8, 4) is 0 Å². The summed E-state index contributed by atoms with van der Waals surface area (Å²) >= 11 is 4.57. The van der Waals surface area contributed by atoms with E-state index in [1.807, 2.05) is 6.07 Å². The Labute approximate surface area is 90.9 Å². The lowest BCUT2D eigenvalue weighted by Gasteiger charge is -2.21. The van der Waals surface area contributed by atoms with Crippen LogP contribution >= 0.6 is 12.2 Å². The van der Waals surface area contributed by atoms with Crippen molar-refractivity contribution in [2.75, 3.05) is 0 Å². The Morgan fingerprint density at radius 1 is 1.29 bits per heavy atom. The van der Waals surface area contributed by atoms with Crippen molar-refractivity contribution in [3.05, 3.63) is 35.4 Å². The maximum Gasteiger partial charge on any atom is 0.0746 e. The largest absolute Gasteiger partial charge is 0.228 e. The molecule has 0 aliphatic heterocycles. The third kappa shape index (κ3) is 2.76. The second-order valence-corrected chi connectivity index (χ2v) is 4.50. The molecule has 0 N–H and O–H groups in total. The Morgan fingerprint density at radius 2 is 1.93 bits per heavy atom. The van der Waals surface area contributed by atoms with Gasteiger partial charge in [-0.25, -0.2) is 4.99 Å². The van der Waals surface area contributed by atoms with Crippen LogP contribution in [0.15, 0.2) is 29.3 Å². The molecule has 0 fully saturated rings. The number of hydrogen-bond acceptors (Lipinski definition) is 2. The number of rotatable bonds is 2. The third-order valence-electron chi connectivity index (χ3n) is 2.14. The van der Waals surface area contributed by atoms with Gasteiger partial charge in [-0.3, -0.25) is 0 Å². The second kappa shape index (κ2) is 4.50. The quantitative estimate of drug-likeness (QED) is 0.531. The van der Waals surface area contributed by atoms with Gasteiger partial charge in [-0.1, -0.05) is 45.0 Å². The fourth-order valence-electron chi connectivity index (χ4n) is 1.51. The molecule has 0 aromatic heterocycles. The highest BCUT2D eigenvalue weighted by atomic mass is 32.1. The number of aliphatic imine (C=N–C) groups is 1. The highest BCUT2D eigenvalue weighted by molar-refractivity contribution is 7.78. The molecule has 2 heteroatoms. The van der Waals surface area contributed by atoms with Crippen LogP contribution in [0.5, 0.6) is 0 Å². The van der Waals surface area contributed by atoms with E-state index in [9.17, 15) is 0 Å². The first kappa shape index (κ1) is 11.1. The lowest BCUT2D eigenvalue weighted by atomic mass is 9.84. The van der Waals surface area contributed by atoms with Crippen LogP contribution in [0.4, 0.5) is 0 Å². The second-order valence-electron chi connectivity index (χ2n) is 4.31. The monoisotopic (exact) mass is 205 g/mol. The van der Waals surface area contributed by atoms with Gasteiger partial charge in [-0.2, -0.15) is 0 Å².